The first-order chi connectivity index (χ1) is 15.4. The fourth-order valence-corrected chi connectivity index (χ4v) is 3.17. The maximum atomic E-state index is 13.3. The summed E-state index contributed by atoms with van der Waals surface area (Å²) in [6.45, 7) is 6.11. The number of phenols is 1. The van der Waals surface area contributed by atoms with Gasteiger partial charge in [0.15, 0.2) is 0 Å². The number of ether oxygens (including phenoxy) is 1. The third-order valence-electron chi connectivity index (χ3n) is 4.79. The van der Waals surface area contributed by atoms with E-state index in [1.54, 1.807) is 45.0 Å². The van der Waals surface area contributed by atoms with Crippen LogP contribution < -0.4 is 10.6 Å². The predicted octanol–water partition coefficient (Wildman–Crippen LogP) is 2.72. The first-order valence-corrected chi connectivity index (χ1v) is 10.5. The van der Waals surface area contributed by atoms with Gasteiger partial charge in [-0.05, 0) is 45.4 Å². The summed E-state index contributed by atoms with van der Waals surface area (Å²) in [5.74, 6) is -1.49. The SMILES string of the molecule is Cc1ccccc1NC(=O)C(c1ccccc1O)N(C)C(=O)C(CO)NC(=O)OC(C)(C)C. The van der Waals surface area contributed by atoms with Crippen molar-refractivity contribution in [3.8, 4) is 5.75 Å². The number of nitrogens with zero attached hydrogens (tertiary/aromatic N) is 1. The Labute approximate surface area is 193 Å². The van der Waals surface area contributed by atoms with Gasteiger partial charge in [0, 0.05) is 18.3 Å². The molecule has 0 saturated carbocycles. The number of likely N-dealkylation sites (N-methyl/N-ethyl adjacent to an activating group) is 1. The van der Waals surface area contributed by atoms with Crippen LogP contribution in [0.3, 0.4) is 0 Å². The Morgan fingerprint density at radius 2 is 1.67 bits per heavy atom. The number of aromatic hydroxyl groups is 1. The molecule has 2 atom stereocenters. The summed E-state index contributed by atoms with van der Waals surface area (Å²) in [6, 6.07) is 10.7. The number of nitrogens with one attached hydrogen (secondary N) is 2. The lowest BCUT2D eigenvalue weighted by Gasteiger charge is -2.31. The van der Waals surface area contributed by atoms with Crippen molar-refractivity contribution in [2.45, 2.75) is 45.4 Å². The van der Waals surface area contributed by atoms with Crippen LogP contribution in [0.25, 0.3) is 0 Å². The van der Waals surface area contributed by atoms with Gasteiger partial charge in [0.1, 0.15) is 23.4 Å². The zero-order valence-corrected chi connectivity index (χ0v) is 19.5. The van der Waals surface area contributed by atoms with Crippen LogP contribution in [0.4, 0.5) is 10.5 Å². The second-order valence-corrected chi connectivity index (χ2v) is 8.60. The lowest BCUT2D eigenvalue weighted by molar-refractivity contribution is -0.139. The Kier molecular flexibility index (Phi) is 8.42. The van der Waals surface area contributed by atoms with Crippen molar-refractivity contribution in [1.82, 2.24) is 10.2 Å². The molecule has 0 bridgehead atoms. The molecular formula is C24H31N3O6. The third-order valence-corrected chi connectivity index (χ3v) is 4.79. The topological polar surface area (TPSA) is 128 Å². The van der Waals surface area contributed by atoms with E-state index in [1.807, 2.05) is 19.1 Å². The quantitative estimate of drug-likeness (QED) is 0.506. The summed E-state index contributed by atoms with van der Waals surface area (Å²) in [6.07, 6.45) is -0.883. The van der Waals surface area contributed by atoms with E-state index in [0.717, 1.165) is 10.5 Å². The Hall–Kier alpha value is -3.59. The fourth-order valence-electron chi connectivity index (χ4n) is 3.17. The highest BCUT2D eigenvalue weighted by atomic mass is 16.6. The number of benzene rings is 2. The zero-order chi connectivity index (χ0) is 24.8. The van der Waals surface area contributed by atoms with E-state index in [9.17, 15) is 24.6 Å². The van der Waals surface area contributed by atoms with E-state index in [4.69, 9.17) is 4.74 Å². The van der Waals surface area contributed by atoms with Crippen molar-refractivity contribution in [2.75, 3.05) is 19.0 Å². The number of aryl methyl sites for hydroxylation is 1. The molecule has 9 heteroatoms. The van der Waals surface area contributed by atoms with E-state index in [2.05, 4.69) is 10.6 Å². The molecule has 178 valence electrons. The minimum Gasteiger partial charge on any atom is -0.508 e. The average molecular weight is 458 g/mol. The number of carbonyl (C=O) groups excluding carboxylic acids is 3. The summed E-state index contributed by atoms with van der Waals surface area (Å²) in [4.78, 5) is 39.7. The fraction of sp³-hybridized carbons (Fsp3) is 0.375. The van der Waals surface area contributed by atoms with E-state index >= 15 is 0 Å². The van der Waals surface area contributed by atoms with Crippen LogP contribution in [-0.2, 0) is 14.3 Å². The van der Waals surface area contributed by atoms with Crippen LogP contribution in [0.15, 0.2) is 48.5 Å². The van der Waals surface area contributed by atoms with Crippen molar-refractivity contribution in [2.24, 2.45) is 0 Å². The maximum Gasteiger partial charge on any atom is 0.408 e. The van der Waals surface area contributed by atoms with Gasteiger partial charge in [-0.1, -0.05) is 36.4 Å². The zero-order valence-electron chi connectivity index (χ0n) is 19.5. The molecule has 2 aromatic carbocycles. The molecule has 0 aliphatic heterocycles. The molecule has 2 aromatic rings. The van der Waals surface area contributed by atoms with E-state index in [1.165, 1.54) is 19.2 Å². The molecule has 3 amide bonds. The van der Waals surface area contributed by atoms with Gasteiger partial charge >= 0.3 is 6.09 Å². The standard InChI is InChI=1S/C24H31N3O6/c1-15-10-6-8-12-17(15)25-21(30)20(16-11-7-9-13-19(16)29)27(5)22(31)18(14-28)26-23(32)33-24(2,3)4/h6-13,18,20,28-29H,14H2,1-5H3,(H,25,30)(H,26,32). The second-order valence-electron chi connectivity index (χ2n) is 8.60. The molecule has 0 fully saturated rings. The number of carbonyl (C=O) groups is 3. The number of rotatable bonds is 7. The molecule has 2 rings (SSSR count). The molecule has 0 saturated heterocycles. The molecule has 0 heterocycles. The maximum absolute atomic E-state index is 13.3. The number of amides is 3. The number of anilines is 1. The van der Waals surface area contributed by atoms with Gasteiger partial charge in [0.25, 0.3) is 5.91 Å². The van der Waals surface area contributed by atoms with Crippen LogP contribution in [0.2, 0.25) is 0 Å². The lowest BCUT2D eigenvalue weighted by Crippen LogP contribution is -2.52. The number of para-hydroxylation sites is 2. The summed E-state index contributed by atoms with van der Waals surface area (Å²) in [5, 5.41) is 25.2. The van der Waals surface area contributed by atoms with E-state index in [0.29, 0.717) is 5.69 Å². The summed E-state index contributed by atoms with van der Waals surface area (Å²) in [7, 11) is 1.36. The molecule has 0 aliphatic carbocycles. The normalized spacial score (nSPS) is 12.9. The highest BCUT2D eigenvalue weighted by Crippen LogP contribution is 2.30. The Morgan fingerprint density at radius 3 is 2.24 bits per heavy atom. The van der Waals surface area contributed by atoms with Gasteiger partial charge < -0.3 is 30.5 Å². The number of hydrogen-bond acceptors (Lipinski definition) is 6. The molecule has 0 aliphatic rings. The third kappa shape index (κ3) is 6.95. The number of alkyl carbamates (subject to hydrolysis) is 1. The van der Waals surface area contributed by atoms with Crippen LogP contribution in [0, 0.1) is 6.92 Å². The number of hydrogen-bond donors (Lipinski definition) is 4. The molecule has 33 heavy (non-hydrogen) atoms. The van der Waals surface area contributed by atoms with Gasteiger partial charge in [-0.2, -0.15) is 0 Å². The largest absolute Gasteiger partial charge is 0.508 e. The highest BCUT2D eigenvalue weighted by molar-refractivity contribution is 5.99. The van der Waals surface area contributed by atoms with Crippen LogP contribution in [-0.4, -0.2) is 58.3 Å². The molecular weight excluding hydrogens is 426 g/mol. The second kappa shape index (κ2) is 10.8. The Balaban J connectivity index is 2.34. The minimum absolute atomic E-state index is 0.178. The van der Waals surface area contributed by atoms with Crippen molar-refractivity contribution < 1.29 is 29.3 Å². The lowest BCUT2D eigenvalue weighted by atomic mass is 10.0. The number of aliphatic hydroxyl groups excluding tert-OH is 1. The first-order valence-electron chi connectivity index (χ1n) is 10.5. The van der Waals surface area contributed by atoms with Gasteiger partial charge in [0.05, 0.1) is 6.61 Å². The predicted molar refractivity (Wildman–Crippen MR) is 124 cm³/mol. The summed E-state index contributed by atoms with van der Waals surface area (Å²) in [5.41, 5.74) is 0.753. The molecule has 2 unspecified atom stereocenters. The number of phenolic OH excluding ortho intramolecular Hbond substituents is 1. The van der Waals surface area contributed by atoms with Gasteiger partial charge in [0.2, 0.25) is 5.91 Å². The molecule has 0 spiro atoms. The Morgan fingerprint density at radius 1 is 1.06 bits per heavy atom. The summed E-state index contributed by atoms with van der Waals surface area (Å²) >= 11 is 0. The summed E-state index contributed by atoms with van der Waals surface area (Å²) < 4.78 is 5.15. The number of aliphatic hydroxyl groups is 1. The van der Waals surface area contributed by atoms with Crippen molar-refractivity contribution in [3.63, 3.8) is 0 Å². The van der Waals surface area contributed by atoms with Gasteiger partial charge in [-0.25, -0.2) is 4.79 Å². The van der Waals surface area contributed by atoms with Gasteiger partial charge in [-0.3, -0.25) is 9.59 Å². The molecule has 0 radical (unpaired) electrons. The minimum atomic E-state index is -1.36. The van der Waals surface area contributed by atoms with Gasteiger partial charge in [-0.15, -0.1) is 0 Å². The van der Waals surface area contributed by atoms with Crippen molar-refractivity contribution >= 4 is 23.6 Å². The average Bonchev–Trinajstić information content (AvgIpc) is 2.73. The molecule has 0 aromatic heterocycles. The van der Waals surface area contributed by atoms with Crippen molar-refractivity contribution in [1.29, 1.82) is 0 Å². The Bertz CT molecular complexity index is 1000. The first kappa shape index (κ1) is 25.7. The van der Waals surface area contributed by atoms with E-state index in [-0.39, 0.29) is 11.3 Å². The monoisotopic (exact) mass is 457 g/mol. The molecule has 9 nitrogen and oxygen atoms in total. The van der Waals surface area contributed by atoms with Crippen LogP contribution >= 0.6 is 0 Å². The van der Waals surface area contributed by atoms with Crippen LogP contribution in [0.1, 0.15) is 37.9 Å². The highest BCUT2D eigenvalue weighted by Gasteiger charge is 2.35. The van der Waals surface area contributed by atoms with Crippen molar-refractivity contribution in [3.05, 3.63) is 59.7 Å². The smallest absolute Gasteiger partial charge is 0.408 e. The van der Waals surface area contributed by atoms with Crippen LogP contribution in [0.5, 0.6) is 5.75 Å². The molecule has 4 N–H and O–H groups in total. The van der Waals surface area contributed by atoms with E-state index < -0.39 is 42.2 Å².